The molecule has 0 aromatic heterocycles. The third kappa shape index (κ3) is 8.54. The number of hydrogen-bond donors (Lipinski definition) is 2. The van der Waals surface area contributed by atoms with Crippen molar-refractivity contribution in [2.75, 3.05) is 20.2 Å². The van der Waals surface area contributed by atoms with Gasteiger partial charge in [-0.3, -0.25) is 9.59 Å². The Balaban J connectivity index is 1.77. The Labute approximate surface area is 202 Å². The Morgan fingerprint density at radius 3 is 2.56 bits per heavy atom. The Hall–Kier alpha value is -3.34. The highest BCUT2D eigenvalue weighted by Gasteiger charge is 2.33. The van der Waals surface area contributed by atoms with Gasteiger partial charge in [0.15, 0.2) is 0 Å². The number of carbonyl (C=O) groups excluding carboxylic acids is 2. The van der Waals surface area contributed by atoms with Gasteiger partial charge in [0.05, 0.1) is 18.9 Å². The first-order valence-corrected chi connectivity index (χ1v) is 11.7. The number of carbonyl (C=O) groups is 2. The molecule has 1 unspecified atom stereocenters. The fourth-order valence-corrected chi connectivity index (χ4v) is 4.17. The lowest BCUT2D eigenvalue weighted by molar-refractivity contribution is -0.120. The lowest BCUT2D eigenvalue weighted by atomic mass is 9.78. The average Bonchev–Trinajstić information content (AvgIpc) is 3.32. The minimum absolute atomic E-state index is 0.0382. The molecule has 0 aromatic rings. The Kier molecular flexibility index (Phi) is 10.6. The number of nitriles is 1. The summed E-state index contributed by atoms with van der Waals surface area (Å²) in [4.78, 5) is 29.6. The van der Waals surface area contributed by atoms with Crippen LogP contribution in [0.1, 0.15) is 52.4 Å². The van der Waals surface area contributed by atoms with Crippen LogP contribution in [0.4, 0.5) is 0 Å². The van der Waals surface area contributed by atoms with Crippen molar-refractivity contribution < 1.29 is 19.2 Å². The number of amides is 2. The molecule has 8 heteroatoms. The van der Waals surface area contributed by atoms with E-state index < -0.39 is 0 Å². The summed E-state index contributed by atoms with van der Waals surface area (Å²) in [7, 11) is 1.55. The zero-order valence-electron chi connectivity index (χ0n) is 20.5. The quantitative estimate of drug-likeness (QED) is 0.273. The second-order valence-corrected chi connectivity index (χ2v) is 9.00. The van der Waals surface area contributed by atoms with Crippen LogP contribution in [0.3, 0.4) is 0 Å². The van der Waals surface area contributed by atoms with E-state index in [4.69, 9.17) is 14.8 Å². The smallest absolute Gasteiger partial charge is 0.250 e. The summed E-state index contributed by atoms with van der Waals surface area (Å²) < 4.78 is 5.01. The molecule has 1 heterocycles. The number of hydrogen-bond acceptors (Lipinski definition) is 6. The number of oxime groups is 1. The van der Waals surface area contributed by atoms with E-state index in [2.05, 4.69) is 28.9 Å². The van der Waals surface area contributed by atoms with Crippen LogP contribution < -0.4 is 10.6 Å². The normalized spacial score (nSPS) is 22.6. The van der Waals surface area contributed by atoms with Crippen molar-refractivity contribution in [1.29, 1.82) is 5.26 Å². The molecule has 0 bridgehead atoms. The van der Waals surface area contributed by atoms with Crippen molar-refractivity contribution in [3.05, 3.63) is 47.8 Å². The molecule has 2 amide bonds. The van der Waals surface area contributed by atoms with E-state index in [9.17, 15) is 9.59 Å². The van der Waals surface area contributed by atoms with E-state index in [0.717, 1.165) is 42.5 Å². The van der Waals surface area contributed by atoms with Crippen molar-refractivity contribution in [3.63, 3.8) is 0 Å². The zero-order valence-corrected chi connectivity index (χ0v) is 20.5. The van der Waals surface area contributed by atoms with Gasteiger partial charge in [0.2, 0.25) is 5.91 Å². The second kappa shape index (κ2) is 13.4. The van der Waals surface area contributed by atoms with Crippen LogP contribution in [0, 0.1) is 23.2 Å². The first kappa shape index (κ1) is 26.9. The monoisotopic (exact) mass is 468 g/mol. The highest BCUT2D eigenvalue weighted by molar-refractivity contribution is 6.03. The Morgan fingerprint density at radius 2 is 1.91 bits per heavy atom. The number of nitrogens with zero attached hydrogens (tertiary/aromatic N) is 2. The number of allylic oxidation sites excluding steroid dienone is 2. The summed E-state index contributed by atoms with van der Waals surface area (Å²) in [5.74, 6) is 0.943. The van der Waals surface area contributed by atoms with Crippen LogP contribution in [0.15, 0.2) is 52.9 Å². The molecule has 8 nitrogen and oxygen atoms in total. The summed E-state index contributed by atoms with van der Waals surface area (Å²) >= 11 is 0. The molecular weight excluding hydrogens is 432 g/mol. The minimum Gasteiger partial charge on any atom is -0.497 e. The number of rotatable bonds is 11. The summed E-state index contributed by atoms with van der Waals surface area (Å²) in [5, 5.41) is 18.5. The number of methoxy groups -OCH3 is 1. The van der Waals surface area contributed by atoms with Crippen LogP contribution in [-0.2, 0) is 19.2 Å². The standard InChI is InChI=1S/C26H36N4O4/c1-17(12-20(4)33-5)15-29-26(32)19(3)13-18(2)23-14-24(34-30-23)22-8-6-21(7-9-22)16-28-25(31)10-11-27/h12-13,21-22,24H,3-4,6-10,14-16H2,1-2,5H3,(H,28,31)(H,29,32). The van der Waals surface area contributed by atoms with E-state index in [1.165, 1.54) is 0 Å². The Bertz CT molecular complexity index is 918. The molecule has 34 heavy (non-hydrogen) atoms. The SMILES string of the molecule is C=C(C=C(C)CNC(=O)C(=C)C=C(C)C1=NOC(C2CCC(CNC(=O)CC#N)CC2)C1)OC. The van der Waals surface area contributed by atoms with E-state index in [0.29, 0.717) is 42.7 Å². The molecule has 2 aliphatic rings. The van der Waals surface area contributed by atoms with Gasteiger partial charge in [-0.1, -0.05) is 23.9 Å². The van der Waals surface area contributed by atoms with E-state index in [1.54, 1.807) is 19.3 Å². The highest BCUT2D eigenvalue weighted by Crippen LogP contribution is 2.35. The number of nitrogens with one attached hydrogen (secondary N) is 2. The summed E-state index contributed by atoms with van der Waals surface area (Å²) in [5.41, 5.74) is 3.00. The van der Waals surface area contributed by atoms with E-state index in [1.807, 2.05) is 19.9 Å². The molecule has 1 saturated carbocycles. The van der Waals surface area contributed by atoms with Gasteiger partial charge < -0.3 is 20.2 Å². The second-order valence-electron chi connectivity index (χ2n) is 9.00. The van der Waals surface area contributed by atoms with Gasteiger partial charge in [-0.2, -0.15) is 5.26 Å². The highest BCUT2D eigenvalue weighted by atomic mass is 16.6. The molecule has 0 saturated heterocycles. The summed E-state index contributed by atoms with van der Waals surface area (Å²) in [6.07, 6.45) is 8.25. The van der Waals surface area contributed by atoms with Crippen LogP contribution in [0.25, 0.3) is 0 Å². The molecule has 2 N–H and O–H groups in total. The van der Waals surface area contributed by atoms with Crippen LogP contribution in [0.2, 0.25) is 0 Å². The predicted octanol–water partition coefficient (Wildman–Crippen LogP) is 3.69. The summed E-state index contributed by atoms with van der Waals surface area (Å²) in [6.45, 7) is 12.4. The van der Waals surface area contributed by atoms with Gasteiger partial charge in [-0.15, -0.1) is 0 Å². The van der Waals surface area contributed by atoms with Gasteiger partial charge in [0.1, 0.15) is 18.3 Å². The summed E-state index contributed by atoms with van der Waals surface area (Å²) in [6, 6.07) is 1.87. The molecule has 1 aliphatic carbocycles. The number of ether oxygens (including phenoxy) is 1. The molecule has 184 valence electrons. The largest absolute Gasteiger partial charge is 0.497 e. The maximum atomic E-state index is 12.4. The third-order valence-electron chi connectivity index (χ3n) is 6.27. The Morgan fingerprint density at radius 1 is 1.21 bits per heavy atom. The molecule has 0 spiro atoms. The zero-order chi connectivity index (χ0) is 25.1. The van der Waals surface area contributed by atoms with Crippen LogP contribution in [-0.4, -0.2) is 43.8 Å². The van der Waals surface area contributed by atoms with Crippen molar-refractivity contribution in [2.45, 2.75) is 58.5 Å². The van der Waals surface area contributed by atoms with Gasteiger partial charge in [-0.05, 0) is 69.1 Å². The van der Waals surface area contributed by atoms with Gasteiger partial charge in [0, 0.05) is 25.1 Å². The minimum atomic E-state index is -0.244. The molecule has 1 atom stereocenters. The topological polar surface area (TPSA) is 113 Å². The average molecular weight is 469 g/mol. The van der Waals surface area contributed by atoms with Crippen molar-refractivity contribution in [1.82, 2.24) is 10.6 Å². The molecule has 2 rings (SSSR count). The van der Waals surface area contributed by atoms with E-state index >= 15 is 0 Å². The van der Waals surface area contributed by atoms with Gasteiger partial charge in [-0.25, -0.2) is 0 Å². The maximum absolute atomic E-state index is 12.4. The van der Waals surface area contributed by atoms with Gasteiger partial charge in [0.25, 0.3) is 5.91 Å². The van der Waals surface area contributed by atoms with Gasteiger partial charge >= 0.3 is 0 Å². The molecule has 0 aromatic carbocycles. The lowest BCUT2D eigenvalue weighted by Gasteiger charge is -2.30. The third-order valence-corrected chi connectivity index (χ3v) is 6.27. The molecule has 0 radical (unpaired) electrons. The van der Waals surface area contributed by atoms with Crippen molar-refractivity contribution in [3.8, 4) is 6.07 Å². The fraction of sp³-hybridized carbons (Fsp3) is 0.538. The van der Waals surface area contributed by atoms with Crippen LogP contribution in [0.5, 0.6) is 0 Å². The first-order valence-electron chi connectivity index (χ1n) is 11.7. The first-order chi connectivity index (χ1) is 16.2. The maximum Gasteiger partial charge on any atom is 0.250 e. The lowest BCUT2D eigenvalue weighted by Crippen LogP contribution is -2.33. The molecular formula is C26H36N4O4. The van der Waals surface area contributed by atoms with Crippen molar-refractivity contribution in [2.24, 2.45) is 17.0 Å². The predicted molar refractivity (Wildman–Crippen MR) is 131 cm³/mol. The van der Waals surface area contributed by atoms with Crippen LogP contribution >= 0.6 is 0 Å². The van der Waals surface area contributed by atoms with E-state index in [-0.39, 0.29) is 24.3 Å². The molecule has 1 fully saturated rings. The fourth-order valence-electron chi connectivity index (χ4n) is 4.17. The molecule has 1 aliphatic heterocycles. The van der Waals surface area contributed by atoms with Crippen molar-refractivity contribution >= 4 is 17.5 Å².